The second-order valence-electron chi connectivity index (χ2n) is 2.88. The van der Waals surface area contributed by atoms with Crippen LogP contribution in [-0.4, -0.2) is 36.1 Å². The molecular weight excluding hydrogens is 146 g/mol. The third-order valence-electron chi connectivity index (χ3n) is 2.19. The molecule has 2 aliphatic rings. The maximum atomic E-state index is 11.0. The second-order valence-corrected chi connectivity index (χ2v) is 2.88. The number of hydrogen-bond acceptors (Lipinski definition) is 2. The minimum atomic E-state index is -0.167. The summed E-state index contributed by atoms with van der Waals surface area (Å²) >= 11 is 0. The van der Waals surface area contributed by atoms with Crippen molar-refractivity contribution in [3.63, 3.8) is 0 Å². The Morgan fingerprint density at radius 2 is 2.18 bits per heavy atom. The van der Waals surface area contributed by atoms with Crippen LogP contribution in [-0.2, 0) is 4.79 Å². The number of rotatable bonds is 0. The Morgan fingerprint density at radius 1 is 1.45 bits per heavy atom. The molecule has 5 nitrogen and oxygen atoms in total. The molecule has 2 atom stereocenters. The number of likely N-dealkylation sites (N-methyl/N-ethyl adjacent to an activating group) is 1. The molecule has 0 aromatic heterocycles. The largest absolute Gasteiger partial charge is 0.334 e. The van der Waals surface area contributed by atoms with Crippen molar-refractivity contribution in [2.75, 3.05) is 7.05 Å². The third kappa shape index (κ3) is 0.768. The lowest BCUT2D eigenvalue weighted by atomic mass is 10.2. The zero-order chi connectivity index (χ0) is 8.01. The highest BCUT2D eigenvalue weighted by atomic mass is 16.2. The normalized spacial score (nSPS) is 35.2. The molecule has 2 N–H and O–H groups in total. The summed E-state index contributed by atoms with van der Waals surface area (Å²) in [4.78, 5) is 23.3. The minimum Gasteiger partial charge on any atom is -0.334 e. The van der Waals surface area contributed by atoms with Gasteiger partial charge in [0, 0.05) is 7.05 Å². The number of carbonyl (C=O) groups excluding carboxylic acids is 2. The maximum absolute atomic E-state index is 11.0. The molecule has 0 aromatic carbocycles. The smallest absolute Gasteiger partial charge is 0.319 e. The van der Waals surface area contributed by atoms with Crippen molar-refractivity contribution in [1.29, 1.82) is 0 Å². The summed E-state index contributed by atoms with van der Waals surface area (Å²) in [6.07, 6.45) is 0.250. The predicted molar refractivity (Wildman–Crippen MR) is 36.6 cm³/mol. The van der Waals surface area contributed by atoms with Gasteiger partial charge in [-0.25, -0.2) is 4.79 Å². The highest BCUT2D eigenvalue weighted by Gasteiger charge is 2.43. The maximum Gasteiger partial charge on any atom is 0.319 e. The van der Waals surface area contributed by atoms with Crippen LogP contribution in [0, 0.1) is 0 Å². The van der Waals surface area contributed by atoms with Gasteiger partial charge in [-0.15, -0.1) is 0 Å². The summed E-state index contributed by atoms with van der Waals surface area (Å²) in [5.41, 5.74) is 0. The molecule has 2 saturated heterocycles. The Kier molecular flexibility index (Phi) is 1.10. The summed E-state index contributed by atoms with van der Waals surface area (Å²) in [6, 6.07) is -0.102. The Hall–Kier alpha value is -1.26. The first-order valence-electron chi connectivity index (χ1n) is 3.51. The van der Waals surface area contributed by atoms with E-state index in [1.54, 1.807) is 11.9 Å². The van der Waals surface area contributed by atoms with Gasteiger partial charge in [0.2, 0.25) is 5.91 Å². The van der Waals surface area contributed by atoms with Gasteiger partial charge in [-0.3, -0.25) is 4.79 Å². The number of carbonyl (C=O) groups is 2. The standard InChI is InChI=1S/C6H9N3O2/c1-9-3-2-4(10)7-5(3)8-6(9)11/h3,5H,2H2,1H3,(H,7,10)(H,8,11). The van der Waals surface area contributed by atoms with Crippen LogP contribution in [0.2, 0.25) is 0 Å². The molecule has 2 rings (SSSR count). The van der Waals surface area contributed by atoms with E-state index < -0.39 is 0 Å². The van der Waals surface area contributed by atoms with Gasteiger partial charge in [0.15, 0.2) is 0 Å². The van der Waals surface area contributed by atoms with E-state index in [9.17, 15) is 9.59 Å². The van der Waals surface area contributed by atoms with Gasteiger partial charge < -0.3 is 15.5 Å². The summed E-state index contributed by atoms with van der Waals surface area (Å²) in [6.45, 7) is 0. The lowest BCUT2D eigenvalue weighted by Gasteiger charge is -2.13. The zero-order valence-corrected chi connectivity index (χ0v) is 6.13. The van der Waals surface area contributed by atoms with Crippen LogP contribution < -0.4 is 10.6 Å². The molecule has 2 unspecified atom stereocenters. The topological polar surface area (TPSA) is 61.4 Å². The highest BCUT2D eigenvalue weighted by Crippen LogP contribution is 2.17. The fraction of sp³-hybridized carbons (Fsp3) is 0.667. The van der Waals surface area contributed by atoms with E-state index in [0.717, 1.165) is 0 Å². The number of amides is 3. The van der Waals surface area contributed by atoms with E-state index in [0.29, 0.717) is 6.42 Å². The molecule has 2 heterocycles. The van der Waals surface area contributed by atoms with Crippen molar-refractivity contribution in [2.45, 2.75) is 18.6 Å². The summed E-state index contributed by atoms with van der Waals surface area (Å²) < 4.78 is 0. The summed E-state index contributed by atoms with van der Waals surface area (Å²) in [5.74, 6) is 0.00634. The third-order valence-corrected chi connectivity index (χ3v) is 2.19. The van der Waals surface area contributed by atoms with Gasteiger partial charge in [0.1, 0.15) is 6.17 Å². The van der Waals surface area contributed by atoms with Crippen LogP contribution in [0.5, 0.6) is 0 Å². The first-order valence-corrected chi connectivity index (χ1v) is 3.51. The van der Waals surface area contributed by atoms with Gasteiger partial charge in [0.25, 0.3) is 0 Å². The minimum absolute atomic E-state index is 0.00634. The van der Waals surface area contributed by atoms with Gasteiger partial charge in [0.05, 0.1) is 12.5 Å². The SMILES string of the molecule is CN1C(=O)NC2NC(=O)CC21. The van der Waals surface area contributed by atoms with Gasteiger partial charge >= 0.3 is 6.03 Å². The molecule has 0 bridgehead atoms. The fourth-order valence-electron chi connectivity index (χ4n) is 1.51. The molecule has 0 radical (unpaired) electrons. The van der Waals surface area contributed by atoms with Crippen LogP contribution >= 0.6 is 0 Å². The van der Waals surface area contributed by atoms with E-state index in [1.165, 1.54) is 0 Å². The van der Waals surface area contributed by atoms with Gasteiger partial charge in [-0.2, -0.15) is 0 Å². The Labute approximate surface area is 63.7 Å². The van der Waals surface area contributed by atoms with Crippen molar-refractivity contribution >= 4 is 11.9 Å². The Balaban J connectivity index is 2.19. The number of hydrogen-bond donors (Lipinski definition) is 2. The summed E-state index contributed by atoms with van der Waals surface area (Å²) in [5, 5.41) is 5.32. The molecule has 2 fully saturated rings. The number of nitrogens with one attached hydrogen (secondary N) is 2. The van der Waals surface area contributed by atoms with E-state index in [-0.39, 0.29) is 24.1 Å². The molecular formula is C6H9N3O2. The van der Waals surface area contributed by atoms with Crippen molar-refractivity contribution in [3.05, 3.63) is 0 Å². The lowest BCUT2D eigenvalue weighted by Crippen LogP contribution is -2.39. The Morgan fingerprint density at radius 3 is 2.82 bits per heavy atom. The predicted octanol–water partition coefficient (Wildman–Crippen LogP) is -1.14. The first kappa shape index (κ1) is 6.45. The Bertz CT molecular complexity index is 228. The fourth-order valence-corrected chi connectivity index (χ4v) is 1.51. The van der Waals surface area contributed by atoms with Crippen LogP contribution in [0.15, 0.2) is 0 Å². The molecule has 11 heavy (non-hydrogen) atoms. The molecule has 3 amide bonds. The van der Waals surface area contributed by atoms with Crippen LogP contribution in [0.1, 0.15) is 6.42 Å². The molecule has 60 valence electrons. The van der Waals surface area contributed by atoms with Crippen LogP contribution in [0.25, 0.3) is 0 Å². The number of fused-ring (bicyclic) bond motifs is 1. The van der Waals surface area contributed by atoms with Crippen LogP contribution in [0.4, 0.5) is 4.79 Å². The van der Waals surface area contributed by atoms with Crippen LogP contribution in [0.3, 0.4) is 0 Å². The van der Waals surface area contributed by atoms with E-state index in [4.69, 9.17) is 0 Å². The molecule has 0 aliphatic carbocycles. The first-order chi connectivity index (χ1) is 5.18. The average Bonchev–Trinajstić information content (AvgIpc) is 2.37. The number of urea groups is 1. The molecule has 2 aliphatic heterocycles. The van der Waals surface area contributed by atoms with Crippen molar-refractivity contribution in [2.24, 2.45) is 0 Å². The lowest BCUT2D eigenvalue weighted by molar-refractivity contribution is -0.119. The van der Waals surface area contributed by atoms with Crippen molar-refractivity contribution in [1.82, 2.24) is 15.5 Å². The molecule has 0 saturated carbocycles. The highest BCUT2D eigenvalue weighted by molar-refractivity contribution is 5.86. The van der Waals surface area contributed by atoms with E-state index in [2.05, 4.69) is 10.6 Å². The van der Waals surface area contributed by atoms with Gasteiger partial charge in [-0.1, -0.05) is 0 Å². The second kappa shape index (κ2) is 1.87. The molecule has 0 aromatic rings. The summed E-state index contributed by atoms with van der Waals surface area (Å²) in [7, 11) is 1.69. The molecule has 5 heteroatoms. The molecule has 0 spiro atoms. The monoisotopic (exact) mass is 155 g/mol. The van der Waals surface area contributed by atoms with E-state index >= 15 is 0 Å². The van der Waals surface area contributed by atoms with Crippen molar-refractivity contribution < 1.29 is 9.59 Å². The zero-order valence-electron chi connectivity index (χ0n) is 6.13. The number of nitrogens with zero attached hydrogens (tertiary/aromatic N) is 1. The van der Waals surface area contributed by atoms with Crippen molar-refractivity contribution in [3.8, 4) is 0 Å². The van der Waals surface area contributed by atoms with E-state index in [1.807, 2.05) is 0 Å². The van der Waals surface area contributed by atoms with Gasteiger partial charge in [-0.05, 0) is 0 Å². The average molecular weight is 155 g/mol. The quantitative estimate of drug-likeness (QED) is 0.464.